The maximum Gasteiger partial charge on any atom is 0.409 e. The minimum Gasteiger partial charge on any atom is -0.450 e. The molecule has 0 aromatic carbocycles. The number of carbonyl (C=O) groups excluding carboxylic acids is 1. The number of carbonyl (C=O) groups is 1. The fraction of sp³-hybridized carbons (Fsp3) is 0.600. The Balaban J connectivity index is 0.000000315. The highest BCUT2D eigenvalue weighted by Crippen LogP contribution is 1.91. The molecule has 0 fully saturated rings. The predicted octanol–water partition coefficient (Wildman–Crippen LogP) is 1.36. The largest absolute Gasteiger partial charge is 0.450 e. The first-order chi connectivity index (χ1) is 7.76. The second-order valence-electron chi connectivity index (χ2n) is 2.66. The number of aromatic nitrogens is 3. The van der Waals surface area contributed by atoms with Gasteiger partial charge in [-0.25, -0.2) is 19.7 Å². The molecule has 0 atom stereocenters. The van der Waals surface area contributed by atoms with Crippen molar-refractivity contribution in [2.45, 2.75) is 20.8 Å². The summed E-state index contributed by atoms with van der Waals surface area (Å²) in [7, 11) is 0. The van der Waals surface area contributed by atoms with Gasteiger partial charge in [0.2, 0.25) is 0 Å². The first-order valence-corrected chi connectivity index (χ1v) is 5.22. The summed E-state index contributed by atoms with van der Waals surface area (Å²) in [6.45, 7) is 7.56. The lowest BCUT2D eigenvalue weighted by Gasteiger charge is -2.16. The summed E-state index contributed by atoms with van der Waals surface area (Å²) >= 11 is 0. The number of rotatable bonds is 3. The molecule has 0 saturated carbocycles. The van der Waals surface area contributed by atoms with Crippen molar-refractivity contribution in [3.05, 3.63) is 19.0 Å². The topological polar surface area (TPSA) is 68.2 Å². The molecule has 0 radical (unpaired) electrons. The summed E-state index contributed by atoms with van der Waals surface area (Å²) in [6.07, 6.45) is 4.10. The molecule has 0 aliphatic rings. The summed E-state index contributed by atoms with van der Waals surface area (Å²) in [6, 6.07) is 0. The molecule has 0 unspecified atom stereocenters. The zero-order valence-electron chi connectivity index (χ0n) is 9.96. The van der Waals surface area contributed by atoms with E-state index < -0.39 is 0 Å². The van der Waals surface area contributed by atoms with Gasteiger partial charge in [-0.1, -0.05) is 0 Å². The second kappa shape index (κ2) is 9.82. The normalized spacial score (nSPS) is 8.69. The van der Waals surface area contributed by atoms with Crippen molar-refractivity contribution >= 4 is 6.09 Å². The van der Waals surface area contributed by atoms with Crippen LogP contribution in [0.25, 0.3) is 0 Å². The standard InChI is InChI=1S/C7H15NO2.C3H3N3/c1-4-8(5-2)7(9)10-6-3;1-4-2-6-3-5-1/h4-6H2,1-3H3;1-3H. The van der Waals surface area contributed by atoms with Crippen molar-refractivity contribution in [3.63, 3.8) is 0 Å². The van der Waals surface area contributed by atoms with Crippen LogP contribution in [0.4, 0.5) is 4.79 Å². The first kappa shape index (κ1) is 14.3. The van der Waals surface area contributed by atoms with Gasteiger partial charge < -0.3 is 9.64 Å². The van der Waals surface area contributed by atoms with Crippen molar-refractivity contribution in [2.24, 2.45) is 0 Å². The predicted molar refractivity (Wildman–Crippen MR) is 59.8 cm³/mol. The van der Waals surface area contributed by atoms with Crippen LogP contribution in [-0.4, -0.2) is 45.6 Å². The van der Waals surface area contributed by atoms with E-state index in [2.05, 4.69) is 15.0 Å². The van der Waals surface area contributed by atoms with Crippen LogP contribution >= 0.6 is 0 Å². The van der Waals surface area contributed by atoms with Gasteiger partial charge in [0, 0.05) is 13.1 Å². The lowest BCUT2D eigenvalue weighted by Crippen LogP contribution is -2.30. The average Bonchev–Trinajstić information content (AvgIpc) is 2.34. The lowest BCUT2D eigenvalue weighted by molar-refractivity contribution is 0.111. The highest BCUT2D eigenvalue weighted by atomic mass is 16.6. The van der Waals surface area contributed by atoms with E-state index in [1.54, 1.807) is 11.8 Å². The van der Waals surface area contributed by atoms with Crippen molar-refractivity contribution in [1.29, 1.82) is 0 Å². The van der Waals surface area contributed by atoms with E-state index in [1.807, 2.05) is 13.8 Å². The van der Waals surface area contributed by atoms with Crippen molar-refractivity contribution in [1.82, 2.24) is 19.9 Å². The van der Waals surface area contributed by atoms with Gasteiger partial charge >= 0.3 is 6.09 Å². The molecule has 90 valence electrons. The minimum absolute atomic E-state index is 0.215. The maximum absolute atomic E-state index is 10.9. The molecule has 0 N–H and O–H groups in total. The highest BCUT2D eigenvalue weighted by molar-refractivity contribution is 5.67. The zero-order valence-corrected chi connectivity index (χ0v) is 9.96. The van der Waals surface area contributed by atoms with Gasteiger partial charge in [-0.3, -0.25) is 0 Å². The Hall–Kier alpha value is -1.72. The maximum atomic E-state index is 10.9. The van der Waals surface area contributed by atoms with Crippen LogP contribution in [0.15, 0.2) is 19.0 Å². The molecule has 1 heterocycles. The SMILES string of the molecule is CCOC(=O)N(CC)CC.c1ncncn1. The molecule has 0 spiro atoms. The van der Waals surface area contributed by atoms with Crippen LogP contribution in [0.1, 0.15) is 20.8 Å². The quantitative estimate of drug-likeness (QED) is 0.778. The molecule has 0 bridgehead atoms. The van der Waals surface area contributed by atoms with Crippen LogP contribution in [0.5, 0.6) is 0 Å². The lowest BCUT2D eigenvalue weighted by atomic mass is 10.6. The number of amides is 1. The van der Waals surface area contributed by atoms with Crippen molar-refractivity contribution < 1.29 is 9.53 Å². The van der Waals surface area contributed by atoms with Crippen LogP contribution < -0.4 is 0 Å². The molecule has 0 aliphatic carbocycles. The molecule has 1 amide bonds. The molecule has 1 aromatic heterocycles. The molecule has 0 saturated heterocycles. The Morgan fingerprint density at radius 1 is 1.06 bits per heavy atom. The van der Waals surface area contributed by atoms with Gasteiger partial charge in [0.15, 0.2) is 0 Å². The average molecular weight is 226 g/mol. The van der Waals surface area contributed by atoms with E-state index >= 15 is 0 Å². The summed E-state index contributed by atoms with van der Waals surface area (Å²) in [4.78, 5) is 23.2. The summed E-state index contributed by atoms with van der Waals surface area (Å²) in [5.74, 6) is 0. The molecule has 0 aliphatic heterocycles. The second-order valence-corrected chi connectivity index (χ2v) is 2.66. The van der Waals surface area contributed by atoms with Crippen LogP contribution in [0.2, 0.25) is 0 Å². The molecular formula is C10H18N4O2. The Labute approximate surface area is 95.7 Å². The Kier molecular flexibility index (Phi) is 8.76. The van der Waals surface area contributed by atoms with Crippen molar-refractivity contribution in [3.8, 4) is 0 Å². The Bertz CT molecular complexity index is 238. The summed E-state index contributed by atoms with van der Waals surface area (Å²) < 4.78 is 4.77. The van der Waals surface area contributed by atoms with E-state index in [9.17, 15) is 4.79 Å². The van der Waals surface area contributed by atoms with Crippen LogP contribution in [-0.2, 0) is 4.74 Å². The van der Waals surface area contributed by atoms with Gasteiger partial charge in [0.05, 0.1) is 6.61 Å². The fourth-order valence-electron chi connectivity index (χ4n) is 0.901. The smallest absolute Gasteiger partial charge is 0.409 e. The van der Waals surface area contributed by atoms with Gasteiger partial charge in [-0.05, 0) is 20.8 Å². The molecule has 1 aromatic rings. The number of ether oxygens (including phenoxy) is 1. The first-order valence-electron chi connectivity index (χ1n) is 5.22. The Morgan fingerprint density at radius 3 is 1.75 bits per heavy atom. The van der Waals surface area contributed by atoms with Gasteiger partial charge in [-0.15, -0.1) is 0 Å². The summed E-state index contributed by atoms with van der Waals surface area (Å²) in [5, 5.41) is 0. The molecule has 6 heteroatoms. The minimum atomic E-state index is -0.215. The molecular weight excluding hydrogens is 208 g/mol. The summed E-state index contributed by atoms with van der Waals surface area (Å²) in [5.41, 5.74) is 0. The van der Waals surface area contributed by atoms with E-state index in [1.165, 1.54) is 19.0 Å². The molecule has 6 nitrogen and oxygen atoms in total. The van der Waals surface area contributed by atoms with E-state index in [-0.39, 0.29) is 6.09 Å². The van der Waals surface area contributed by atoms with Gasteiger partial charge in [0.1, 0.15) is 19.0 Å². The highest BCUT2D eigenvalue weighted by Gasteiger charge is 2.07. The van der Waals surface area contributed by atoms with Gasteiger partial charge in [0.25, 0.3) is 0 Å². The fourth-order valence-corrected chi connectivity index (χ4v) is 0.901. The van der Waals surface area contributed by atoms with E-state index in [4.69, 9.17) is 4.74 Å². The van der Waals surface area contributed by atoms with Gasteiger partial charge in [-0.2, -0.15) is 0 Å². The van der Waals surface area contributed by atoms with Crippen molar-refractivity contribution in [2.75, 3.05) is 19.7 Å². The number of hydrogen-bond acceptors (Lipinski definition) is 5. The third-order valence-electron chi connectivity index (χ3n) is 1.69. The van der Waals surface area contributed by atoms with Crippen LogP contribution in [0, 0.1) is 0 Å². The van der Waals surface area contributed by atoms with Crippen LogP contribution in [0.3, 0.4) is 0 Å². The molecule has 1 rings (SSSR count). The third kappa shape index (κ3) is 6.69. The zero-order chi connectivity index (χ0) is 12.2. The molecule has 16 heavy (non-hydrogen) atoms. The number of nitrogens with zero attached hydrogens (tertiary/aromatic N) is 4. The Morgan fingerprint density at radius 2 is 1.50 bits per heavy atom. The monoisotopic (exact) mass is 226 g/mol. The van der Waals surface area contributed by atoms with E-state index in [0.717, 1.165) is 13.1 Å². The third-order valence-corrected chi connectivity index (χ3v) is 1.69. The van der Waals surface area contributed by atoms with E-state index in [0.29, 0.717) is 6.61 Å². The number of hydrogen-bond donors (Lipinski definition) is 0.